The van der Waals surface area contributed by atoms with Crippen molar-refractivity contribution in [2.75, 3.05) is 7.11 Å². The number of rotatable bonds is 4. The first-order chi connectivity index (χ1) is 8.26. The van der Waals surface area contributed by atoms with Crippen LogP contribution in [0.4, 0.5) is 0 Å². The lowest BCUT2D eigenvalue weighted by Gasteiger charge is -2.18. The number of hydrazine groups is 1. The summed E-state index contributed by atoms with van der Waals surface area (Å²) in [6.07, 6.45) is 0. The maximum absolute atomic E-state index is 5.67. The number of nitrogens with one attached hydrogen (secondary N) is 1. The Morgan fingerprint density at radius 2 is 2.18 bits per heavy atom. The van der Waals surface area contributed by atoms with Crippen LogP contribution >= 0.6 is 11.3 Å². The maximum atomic E-state index is 5.67. The Hall–Kier alpha value is -1.36. The molecule has 2 rings (SSSR count). The zero-order valence-electron chi connectivity index (χ0n) is 9.94. The van der Waals surface area contributed by atoms with Gasteiger partial charge >= 0.3 is 0 Å². The highest BCUT2D eigenvalue weighted by atomic mass is 32.1. The Labute approximate surface area is 105 Å². The quantitative estimate of drug-likeness (QED) is 0.646. The summed E-state index contributed by atoms with van der Waals surface area (Å²) in [6.45, 7) is 2.06. The van der Waals surface area contributed by atoms with Gasteiger partial charge in [0, 0.05) is 5.56 Å². The average Bonchev–Trinajstić information content (AvgIpc) is 2.84. The molecule has 0 saturated heterocycles. The van der Waals surface area contributed by atoms with Gasteiger partial charge in [-0.05, 0) is 35.4 Å². The van der Waals surface area contributed by atoms with Crippen LogP contribution in [0.1, 0.15) is 22.7 Å². The zero-order valence-corrected chi connectivity index (χ0v) is 10.8. The third-order valence-electron chi connectivity index (χ3n) is 2.74. The molecule has 1 aromatic carbocycles. The largest absolute Gasteiger partial charge is 0.496 e. The van der Waals surface area contributed by atoms with Crippen molar-refractivity contribution in [2.24, 2.45) is 5.84 Å². The summed E-state index contributed by atoms with van der Waals surface area (Å²) in [4.78, 5) is 0. The molecule has 0 fully saturated rings. The Balaban J connectivity index is 2.46. The van der Waals surface area contributed by atoms with Crippen LogP contribution in [0, 0.1) is 6.92 Å². The van der Waals surface area contributed by atoms with Gasteiger partial charge < -0.3 is 4.74 Å². The van der Waals surface area contributed by atoms with E-state index >= 15 is 0 Å². The first-order valence-corrected chi connectivity index (χ1v) is 6.33. The number of hydrogen-bond acceptors (Lipinski definition) is 4. The van der Waals surface area contributed by atoms with Gasteiger partial charge in [-0.25, -0.2) is 5.43 Å². The molecular weight excluding hydrogens is 232 g/mol. The van der Waals surface area contributed by atoms with E-state index in [9.17, 15) is 0 Å². The first kappa shape index (κ1) is 12.1. The molecule has 0 amide bonds. The standard InChI is InChI=1S/C13H16N2OS/c1-9-3-4-12(16-2)11(7-9)13(15-14)10-5-6-17-8-10/h3-8,13,15H,14H2,1-2H3. The average molecular weight is 248 g/mol. The van der Waals surface area contributed by atoms with Crippen molar-refractivity contribution in [1.82, 2.24) is 5.43 Å². The van der Waals surface area contributed by atoms with Gasteiger partial charge in [0.1, 0.15) is 5.75 Å². The van der Waals surface area contributed by atoms with Crippen molar-refractivity contribution in [3.63, 3.8) is 0 Å². The Morgan fingerprint density at radius 3 is 2.76 bits per heavy atom. The van der Waals surface area contributed by atoms with Crippen molar-refractivity contribution < 1.29 is 4.74 Å². The molecule has 1 unspecified atom stereocenters. The van der Waals surface area contributed by atoms with Gasteiger partial charge in [-0.1, -0.05) is 17.7 Å². The summed E-state index contributed by atoms with van der Waals surface area (Å²) in [7, 11) is 1.68. The molecule has 2 aromatic rings. The maximum Gasteiger partial charge on any atom is 0.124 e. The van der Waals surface area contributed by atoms with Crippen molar-refractivity contribution >= 4 is 11.3 Å². The highest BCUT2D eigenvalue weighted by Crippen LogP contribution is 2.31. The van der Waals surface area contributed by atoms with Gasteiger partial charge in [-0.3, -0.25) is 5.84 Å². The SMILES string of the molecule is COc1ccc(C)cc1C(NN)c1ccsc1. The van der Waals surface area contributed by atoms with Crippen LogP contribution in [0.3, 0.4) is 0 Å². The summed E-state index contributed by atoms with van der Waals surface area (Å²) in [5.41, 5.74) is 6.26. The van der Waals surface area contributed by atoms with Crippen LogP contribution in [0.15, 0.2) is 35.0 Å². The molecular formula is C13H16N2OS. The zero-order chi connectivity index (χ0) is 12.3. The minimum Gasteiger partial charge on any atom is -0.496 e. The molecule has 0 bridgehead atoms. The third-order valence-corrected chi connectivity index (χ3v) is 3.44. The van der Waals surface area contributed by atoms with Gasteiger partial charge in [0.15, 0.2) is 0 Å². The van der Waals surface area contributed by atoms with E-state index in [0.29, 0.717) is 0 Å². The molecule has 0 aliphatic carbocycles. The van der Waals surface area contributed by atoms with E-state index in [4.69, 9.17) is 10.6 Å². The predicted molar refractivity (Wildman–Crippen MR) is 71.2 cm³/mol. The minimum atomic E-state index is -0.0314. The number of ether oxygens (including phenoxy) is 1. The molecule has 0 radical (unpaired) electrons. The summed E-state index contributed by atoms with van der Waals surface area (Å²) in [5, 5.41) is 4.13. The number of aryl methyl sites for hydroxylation is 1. The van der Waals surface area contributed by atoms with Gasteiger partial charge in [-0.15, -0.1) is 0 Å². The molecule has 17 heavy (non-hydrogen) atoms. The second-order valence-electron chi connectivity index (χ2n) is 3.90. The lowest BCUT2D eigenvalue weighted by Crippen LogP contribution is -2.28. The first-order valence-electron chi connectivity index (χ1n) is 5.39. The van der Waals surface area contributed by atoms with Gasteiger partial charge in [0.2, 0.25) is 0 Å². The van der Waals surface area contributed by atoms with E-state index in [1.807, 2.05) is 17.5 Å². The highest BCUT2D eigenvalue weighted by molar-refractivity contribution is 7.08. The van der Waals surface area contributed by atoms with Crippen molar-refractivity contribution in [1.29, 1.82) is 0 Å². The van der Waals surface area contributed by atoms with Crippen LogP contribution in [-0.2, 0) is 0 Å². The fraction of sp³-hybridized carbons (Fsp3) is 0.231. The normalized spacial score (nSPS) is 12.4. The summed E-state index contributed by atoms with van der Waals surface area (Å²) < 4.78 is 5.39. The fourth-order valence-electron chi connectivity index (χ4n) is 1.88. The smallest absolute Gasteiger partial charge is 0.124 e. The molecule has 3 N–H and O–H groups in total. The molecule has 4 heteroatoms. The number of thiophene rings is 1. The molecule has 3 nitrogen and oxygen atoms in total. The minimum absolute atomic E-state index is 0.0314. The van der Waals surface area contributed by atoms with Crippen LogP contribution in [0.2, 0.25) is 0 Å². The molecule has 1 atom stereocenters. The lowest BCUT2D eigenvalue weighted by atomic mass is 9.99. The van der Waals surface area contributed by atoms with Gasteiger partial charge in [0.05, 0.1) is 13.2 Å². The Bertz CT molecular complexity index is 482. The van der Waals surface area contributed by atoms with Gasteiger partial charge in [-0.2, -0.15) is 11.3 Å². The van der Waals surface area contributed by atoms with Gasteiger partial charge in [0.25, 0.3) is 0 Å². The molecule has 90 valence electrons. The fourth-order valence-corrected chi connectivity index (χ4v) is 2.57. The predicted octanol–water partition coefficient (Wildman–Crippen LogP) is 2.62. The van der Waals surface area contributed by atoms with E-state index < -0.39 is 0 Å². The summed E-state index contributed by atoms with van der Waals surface area (Å²) >= 11 is 1.66. The lowest BCUT2D eigenvalue weighted by molar-refractivity contribution is 0.404. The molecule has 0 aliphatic heterocycles. The number of hydrogen-bond donors (Lipinski definition) is 2. The Kier molecular flexibility index (Phi) is 3.78. The van der Waals surface area contributed by atoms with E-state index in [1.54, 1.807) is 18.4 Å². The van der Waals surface area contributed by atoms with E-state index in [0.717, 1.165) is 16.9 Å². The van der Waals surface area contributed by atoms with Crippen molar-refractivity contribution in [3.05, 3.63) is 51.7 Å². The van der Waals surface area contributed by atoms with Crippen LogP contribution < -0.4 is 16.0 Å². The highest BCUT2D eigenvalue weighted by Gasteiger charge is 2.17. The van der Waals surface area contributed by atoms with Crippen LogP contribution in [0.25, 0.3) is 0 Å². The van der Waals surface area contributed by atoms with Crippen molar-refractivity contribution in [3.8, 4) is 5.75 Å². The summed E-state index contributed by atoms with van der Waals surface area (Å²) in [6, 6.07) is 8.14. The second kappa shape index (κ2) is 5.31. The van der Waals surface area contributed by atoms with Crippen LogP contribution in [0.5, 0.6) is 5.75 Å². The molecule has 0 aliphatic rings. The molecule has 0 spiro atoms. The second-order valence-corrected chi connectivity index (χ2v) is 4.68. The molecule has 1 aromatic heterocycles. The number of methoxy groups -OCH3 is 1. The van der Waals surface area contributed by atoms with E-state index in [2.05, 4.69) is 29.9 Å². The monoisotopic (exact) mass is 248 g/mol. The summed E-state index contributed by atoms with van der Waals surface area (Å²) in [5.74, 6) is 6.52. The van der Waals surface area contributed by atoms with E-state index in [1.165, 1.54) is 5.56 Å². The molecule has 0 saturated carbocycles. The van der Waals surface area contributed by atoms with Crippen molar-refractivity contribution in [2.45, 2.75) is 13.0 Å². The topological polar surface area (TPSA) is 47.3 Å². The Morgan fingerprint density at radius 1 is 1.35 bits per heavy atom. The van der Waals surface area contributed by atoms with E-state index in [-0.39, 0.29) is 6.04 Å². The number of benzene rings is 1. The number of nitrogens with two attached hydrogens (primary N) is 1. The molecule has 1 heterocycles. The third kappa shape index (κ3) is 2.49. The van der Waals surface area contributed by atoms with Crippen LogP contribution in [-0.4, -0.2) is 7.11 Å².